The Labute approximate surface area is 159 Å². The van der Waals surface area contributed by atoms with Gasteiger partial charge in [0.15, 0.2) is 6.61 Å². The zero-order valence-electron chi connectivity index (χ0n) is 15.1. The predicted molar refractivity (Wildman–Crippen MR) is 101 cm³/mol. The summed E-state index contributed by atoms with van der Waals surface area (Å²) < 4.78 is 6.06. The van der Waals surface area contributed by atoms with Gasteiger partial charge in [0.05, 0.1) is 5.92 Å². The van der Waals surface area contributed by atoms with Gasteiger partial charge in [-0.25, -0.2) is 4.79 Å². The maximum absolute atomic E-state index is 12.5. The van der Waals surface area contributed by atoms with Gasteiger partial charge in [-0.15, -0.1) is 0 Å². The summed E-state index contributed by atoms with van der Waals surface area (Å²) in [6.45, 7) is 3.02. The number of hydrogen-bond acceptors (Lipinski definition) is 6. The summed E-state index contributed by atoms with van der Waals surface area (Å²) in [5, 5.41) is 0.536. The van der Waals surface area contributed by atoms with E-state index in [0.717, 1.165) is 4.57 Å². The number of Topliss-reactive ketones (excluding diaryl/α,β-unsaturated/α-hetero) is 1. The van der Waals surface area contributed by atoms with Gasteiger partial charge < -0.3 is 10.5 Å². The Morgan fingerprint density at radius 1 is 1.22 bits per heavy atom. The zero-order chi connectivity index (χ0) is 20.3. The van der Waals surface area contributed by atoms with E-state index in [4.69, 9.17) is 22.1 Å². The van der Waals surface area contributed by atoms with E-state index in [1.807, 2.05) is 18.8 Å². The first-order valence-corrected chi connectivity index (χ1v) is 8.55. The molecule has 9 heteroatoms. The number of anilines is 1. The fourth-order valence-electron chi connectivity index (χ4n) is 2.67. The highest BCUT2D eigenvalue weighted by molar-refractivity contribution is 6.30. The van der Waals surface area contributed by atoms with E-state index >= 15 is 0 Å². The van der Waals surface area contributed by atoms with Gasteiger partial charge in [0.25, 0.3) is 5.56 Å². The second-order valence-corrected chi connectivity index (χ2v) is 6.82. The standard InChI is InChI=1S/C18H20ClN3O5/c1-9(2)13(10-4-6-11(19)7-5-10)17(25)27-8-12(23)14-15(20)22(3)18(26)21-16(14)24/h4-7,9,13H,8,20H2,1-3H3,(H,21,24,26)/t13-/m1/s1. The van der Waals surface area contributed by atoms with Gasteiger partial charge in [-0.2, -0.15) is 0 Å². The zero-order valence-corrected chi connectivity index (χ0v) is 15.9. The Balaban J connectivity index is 2.20. The molecule has 0 aliphatic carbocycles. The van der Waals surface area contributed by atoms with Crippen LogP contribution in [0.25, 0.3) is 0 Å². The molecule has 2 rings (SSSR count). The molecule has 0 aliphatic rings. The lowest BCUT2D eigenvalue weighted by Crippen LogP contribution is -2.36. The number of rotatable bonds is 6. The largest absolute Gasteiger partial charge is 0.457 e. The molecule has 1 aromatic heterocycles. The Hall–Kier alpha value is -2.87. The summed E-state index contributed by atoms with van der Waals surface area (Å²) in [6.07, 6.45) is 0. The number of halogens is 1. The number of aromatic nitrogens is 2. The molecule has 27 heavy (non-hydrogen) atoms. The van der Waals surface area contributed by atoms with Crippen molar-refractivity contribution in [1.29, 1.82) is 0 Å². The van der Waals surface area contributed by atoms with Gasteiger partial charge in [-0.3, -0.25) is 23.9 Å². The minimum absolute atomic E-state index is 0.0974. The lowest BCUT2D eigenvalue weighted by atomic mass is 9.88. The molecule has 0 saturated carbocycles. The van der Waals surface area contributed by atoms with Crippen molar-refractivity contribution in [3.63, 3.8) is 0 Å². The van der Waals surface area contributed by atoms with Crippen LogP contribution in [0, 0.1) is 5.92 Å². The van der Waals surface area contributed by atoms with E-state index in [2.05, 4.69) is 0 Å². The van der Waals surface area contributed by atoms with Crippen LogP contribution >= 0.6 is 11.6 Å². The van der Waals surface area contributed by atoms with Gasteiger partial charge in [0, 0.05) is 12.1 Å². The molecule has 0 unspecified atom stereocenters. The first kappa shape index (κ1) is 20.4. The van der Waals surface area contributed by atoms with Crippen LogP contribution in [0.5, 0.6) is 0 Å². The molecule has 0 aliphatic heterocycles. The van der Waals surface area contributed by atoms with Crippen LogP contribution in [-0.2, 0) is 16.6 Å². The molecule has 3 N–H and O–H groups in total. The number of nitrogen functional groups attached to an aromatic ring is 1. The maximum Gasteiger partial charge on any atom is 0.329 e. The van der Waals surface area contributed by atoms with Crippen LogP contribution in [0.2, 0.25) is 5.02 Å². The maximum atomic E-state index is 12.5. The van der Waals surface area contributed by atoms with E-state index in [1.165, 1.54) is 7.05 Å². The molecular weight excluding hydrogens is 374 g/mol. The Bertz CT molecular complexity index is 976. The number of ketones is 1. The predicted octanol–water partition coefficient (Wildman–Crippen LogP) is 1.47. The molecule has 8 nitrogen and oxygen atoms in total. The van der Waals surface area contributed by atoms with E-state index in [0.29, 0.717) is 10.6 Å². The average molecular weight is 394 g/mol. The van der Waals surface area contributed by atoms with E-state index in [9.17, 15) is 19.2 Å². The van der Waals surface area contributed by atoms with Crippen molar-refractivity contribution < 1.29 is 14.3 Å². The Kier molecular flexibility index (Phi) is 6.22. The SMILES string of the molecule is CC(C)[C@@H](C(=O)OCC(=O)c1c(N)n(C)c(=O)[nH]c1=O)c1ccc(Cl)cc1. The third kappa shape index (κ3) is 4.46. The minimum Gasteiger partial charge on any atom is -0.457 e. The summed E-state index contributed by atoms with van der Waals surface area (Å²) in [6, 6.07) is 6.75. The highest BCUT2D eigenvalue weighted by Gasteiger charge is 2.27. The molecule has 2 aromatic rings. The van der Waals surface area contributed by atoms with Crippen molar-refractivity contribution in [3.8, 4) is 0 Å². The third-order valence-corrected chi connectivity index (χ3v) is 4.40. The monoisotopic (exact) mass is 393 g/mol. The van der Waals surface area contributed by atoms with E-state index in [-0.39, 0.29) is 11.7 Å². The summed E-state index contributed by atoms with van der Waals surface area (Å²) in [5.74, 6) is -2.40. The number of hydrogen-bond donors (Lipinski definition) is 2. The van der Waals surface area contributed by atoms with Crippen LogP contribution in [0.4, 0.5) is 5.82 Å². The van der Waals surface area contributed by atoms with Gasteiger partial charge in [-0.1, -0.05) is 37.6 Å². The quantitative estimate of drug-likeness (QED) is 0.565. The van der Waals surface area contributed by atoms with Crippen LogP contribution in [-0.4, -0.2) is 27.9 Å². The molecule has 0 radical (unpaired) electrons. The Morgan fingerprint density at radius 2 is 1.81 bits per heavy atom. The highest BCUT2D eigenvalue weighted by atomic mass is 35.5. The molecule has 0 bridgehead atoms. The number of nitrogens with one attached hydrogen (secondary N) is 1. The molecule has 0 saturated heterocycles. The number of carbonyl (C=O) groups is 2. The number of nitrogens with two attached hydrogens (primary N) is 1. The van der Waals surface area contributed by atoms with E-state index in [1.54, 1.807) is 24.3 Å². The summed E-state index contributed by atoms with van der Waals surface area (Å²) in [7, 11) is 1.31. The van der Waals surface area contributed by atoms with E-state index < -0.39 is 41.1 Å². The van der Waals surface area contributed by atoms with Gasteiger partial charge >= 0.3 is 11.7 Å². The number of nitrogens with zero attached hydrogens (tertiary/aromatic N) is 1. The third-order valence-electron chi connectivity index (χ3n) is 4.14. The second-order valence-electron chi connectivity index (χ2n) is 6.38. The molecule has 1 atom stereocenters. The number of carbonyl (C=O) groups excluding carboxylic acids is 2. The number of ether oxygens (including phenoxy) is 1. The number of aromatic amines is 1. The van der Waals surface area contributed by atoms with Gasteiger partial charge in [0.2, 0.25) is 5.78 Å². The normalized spacial score (nSPS) is 12.0. The first-order valence-electron chi connectivity index (χ1n) is 8.17. The second kappa shape index (κ2) is 8.22. The number of H-pyrrole nitrogens is 1. The first-order chi connectivity index (χ1) is 12.6. The van der Waals surface area contributed by atoms with Crippen molar-refractivity contribution >= 4 is 29.2 Å². The molecular formula is C18H20ClN3O5. The number of benzene rings is 1. The van der Waals surface area contributed by atoms with Crippen LogP contribution in [0.1, 0.15) is 35.7 Å². The van der Waals surface area contributed by atoms with Crippen molar-refractivity contribution in [2.45, 2.75) is 19.8 Å². The fourth-order valence-corrected chi connectivity index (χ4v) is 2.79. The van der Waals surface area contributed by atoms with Crippen LogP contribution in [0.3, 0.4) is 0 Å². The smallest absolute Gasteiger partial charge is 0.329 e. The minimum atomic E-state index is -0.922. The fraction of sp³-hybridized carbons (Fsp3) is 0.333. The van der Waals surface area contributed by atoms with Crippen molar-refractivity contribution in [2.75, 3.05) is 12.3 Å². The van der Waals surface area contributed by atoms with Crippen molar-refractivity contribution in [1.82, 2.24) is 9.55 Å². The number of esters is 1. The average Bonchev–Trinajstić information content (AvgIpc) is 2.59. The van der Waals surface area contributed by atoms with Gasteiger partial charge in [-0.05, 0) is 23.6 Å². The summed E-state index contributed by atoms with van der Waals surface area (Å²) in [4.78, 5) is 50.2. The molecule has 0 fully saturated rings. The summed E-state index contributed by atoms with van der Waals surface area (Å²) >= 11 is 5.87. The lowest BCUT2D eigenvalue weighted by Gasteiger charge is -2.20. The topological polar surface area (TPSA) is 124 Å². The lowest BCUT2D eigenvalue weighted by molar-refractivity contribution is -0.145. The van der Waals surface area contributed by atoms with Crippen molar-refractivity contribution in [2.24, 2.45) is 13.0 Å². The molecule has 0 amide bonds. The molecule has 1 aromatic carbocycles. The highest BCUT2D eigenvalue weighted by Crippen LogP contribution is 2.27. The van der Waals surface area contributed by atoms with Crippen LogP contribution < -0.4 is 17.0 Å². The molecule has 1 heterocycles. The summed E-state index contributed by atoms with van der Waals surface area (Å²) in [5.41, 5.74) is 4.29. The van der Waals surface area contributed by atoms with Crippen molar-refractivity contribution in [3.05, 3.63) is 61.3 Å². The Morgan fingerprint density at radius 3 is 2.37 bits per heavy atom. The van der Waals surface area contributed by atoms with Crippen LogP contribution in [0.15, 0.2) is 33.9 Å². The van der Waals surface area contributed by atoms with Gasteiger partial charge in [0.1, 0.15) is 11.4 Å². The molecule has 0 spiro atoms. The molecule has 144 valence electrons.